The first-order valence-electron chi connectivity index (χ1n) is 5.66. The van der Waals surface area contributed by atoms with Crippen molar-refractivity contribution in [2.45, 2.75) is 12.6 Å². The molecule has 0 fully saturated rings. The highest BCUT2D eigenvalue weighted by Gasteiger charge is 2.25. The highest BCUT2D eigenvalue weighted by atomic mass is 32.1. The maximum Gasteiger partial charge on any atom is 0.317 e. The molecule has 0 aliphatic rings. The number of nitrogens with one attached hydrogen (secondary N) is 1. The molecule has 0 aliphatic heterocycles. The number of hydrogen-bond donors (Lipinski definition) is 3. The number of H-pyrrole nitrogens is 1. The predicted molar refractivity (Wildman–Crippen MR) is 70.7 cm³/mol. The van der Waals surface area contributed by atoms with Crippen molar-refractivity contribution in [1.82, 2.24) is 19.9 Å². The van der Waals surface area contributed by atoms with Gasteiger partial charge in [0.25, 0.3) is 0 Å². The Morgan fingerprint density at radius 3 is 3.00 bits per heavy atom. The molecule has 4 N–H and O–H groups in total. The number of aliphatic carboxylic acids is 1. The van der Waals surface area contributed by atoms with E-state index >= 15 is 0 Å². The van der Waals surface area contributed by atoms with Gasteiger partial charge in [0.2, 0.25) is 0 Å². The number of nitrogens with two attached hydrogens (primary N) is 1. The van der Waals surface area contributed by atoms with Gasteiger partial charge in [0.15, 0.2) is 0 Å². The third-order valence-electron chi connectivity index (χ3n) is 2.65. The van der Waals surface area contributed by atoms with Gasteiger partial charge >= 0.3 is 5.97 Å². The van der Waals surface area contributed by atoms with Gasteiger partial charge in [-0.05, 0) is 7.05 Å². The molecular weight excluding hydrogens is 266 g/mol. The van der Waals surface area contributed by atoms with Crippen LogP contribution < -0.4 is 5.73 Å². The van der Waals surface area contributed by atoms with E-state index in [-0.39, 0.29) is 12.6 Å². The van der Waals surface area contributed by atoms with E-state index in [0.29, 0.717) is 6.54 Å². The van der Waals surface area contributed by atoms with E-state index in [9.17, 15) is 4.79 Å². The second-order valence-corrected chi connectivity index (χ2v) is 4.99. The molecule has 0 aromatic carbocycles. The summed E-state index contributed by atoms with van der Waals surface area (Å²) in [6.45, 7) is 0.288. The van der Waals surface area contributed by atoms with Gasteiger partial charge in [-0.3, -0.25) is 9.69 Å². The zero-order valence-corrected chi connectivity index (χ0v) is 11.2. The Morgan fingerprint density at radius 1 is 1.68 bits per heavy atom. The smallest absolute Gasteiger partial charge is 0.317 e. The van der Waals surface area contributed by atoms with Gasteiger partial charge in [0.05, 0.1) is 24.3 Å². The number of hydrogen-bond acceptors (Lipinski definition) is 6. The molecule has 2 aromatic rings. The number of likely N-dealkylation sites (N-methyl/N-ethyl adjacent to an activating group) is 1. The Hall–Kier alpha value is -1.77. The van der Waals surface area contributed by atoms with Crippen LogP contribution in [0.15, 0.2) is 17.9 Å². The molecule has 0 saturated carbocycles. The Kier molecular flexibility index (Phi) is 4.25. The summed E-state index contributed by atoms with van der Waals surface area (Å²) in [7, 11) is 1.74. The lowest BCUT2D eigenvalue weighted by atomic mass is 10.2. The highest BCUT2D eigenvalue weighted by Crippen LogP contribution is 2.28. The Morgan fingerprint density at radius 2 is 2.47 bits per heavy atom. The number of nitrogens with zero attached hydrogens (tertiary/aromatic N) is 3. The normalized spacial score (nSPS) is 12.8. The predicted octanol–water partition coefficient (Wildman–Crippen LogP) is 0.431. The maximum atomic E-state index is 10.9. The lowest BCUT2D eigenvalue weighted by molar-refractivity contribution is -0.138. The molecule has 0 spiro atoms. The second-order valence-electron chi connectivity index (χ2n) is 4.10. The van der Waals surface area contributed by atoms with Gasteiger partial charge in [-0.1, -0.05) is 0 Å². The maximum absolute atomic E-state index is 10.9. The molecule has 0 radical (unpaired) electrons. The minimum atomic E-state index is -0.886. The number of carboxylic acid groups (broad SMARTS) is 1. The van der Waals surface area contributed by atoms with Crippen LogP contribution in [0.5, 0.6) is 0 Å². The molecule has 2 aromatic heterocycles. The fourth-order valence-electron chi connectivity index (χ4n) is 1.82. The third kappa shape index (κ3) is 3.16. The number of imidazole rings is 1. The average molecular weight is 281 g/mol. The van der Waals surface area contributed by atoms with E-state index < -0.39 is 5.97 Å². The number of rotatable bonds is 6. The molecule has 1 unspecified atom stereocenters. The van der Waals surface area contributed by atoms with Crippen molar-refractivity contribution in [3.63, 3.8) is 0 Å². The highest BCUT2D eigenvalue weighted by molar-refractivity contribution is 7.09. The first-order chi connectivity index (χ1) is 9.11. The van der Waals surface area contributed by atoms with Crippen LogP contribution in [-0.2, 0) is 11.3 Å². The van der Waals surface area contributed by atoms with Crippen LogP contribution in [0.4, 0.5) is 0 Å². The third-order valence-corrected chi connectivity index (χ3v) is 3.60. The molecule has 19 heavy (non-hydrogen) atoms. The molecule has 1 atom stereocenters. The van der Waals surface area contributed by atoms with Gasteiger partial charge in [0.1, 0.15) is 11.0 Å². The summed E-state index contributed by atoms with van der Waals surface area (Å²) >= 11 is 1.46. The number of carbonyl (C=O) groups is 1. The average Bonchev–Trinajstić information content (AvgIpc) is 2.99. The summed E-state index contributed by atoms with van der Waals surface area (Å²) in [5.41, 5.74) is 7.16. The van der Waals surface area contributed by atoms with Crippen molar-refractivity contribution in [2.75, 3.05) is 13.6 Å². The SMILES string of the molecule is CN(CC(=O)O)C(c1cnc[nH]1)c1nc(CN)cs1. The van der Waals surface area contributed by atoms with Crippen molar-refractivity contribution in [2.24, 2.45) is 5.73 Å². The lowest BCUT2D eigenvalue weighted by Gasteiger charge is -2.23. The standard InChI is InChI=1S/C11H15N5O2S/c1-16(4-9(17)18)10(8-3-13-6-14-8)11-15-7(2-12)5-19-11/h3,5-6,10H,2,4,12H2,1H3,(H,13,14)(H,17,18). The molecular formula is C11H15N5O2S. The van der Waals surface area contributed by atoms with E-state index in [0.717, 1.165) is 16.4 Å². The molecule has 102 valence electrons. The van der Waals surface area contributed by atoms with E-state index in [2.05, 4.69) is 15.0 Å². The fourth-order valence-corrected chi connectivity index (χ4v) is 2.83. The number of carboxylic acids is 1. The monoisotopic (exact) mass is 281 g/mol. The van der Waals surface area contributed by atoms with Gasteiger partial charge in [-0.2, -0.15) is 0 Å². The summed E-state index contributed by atoms with van der Waals surface area (Å²) in [6.07, 6.45) is 3.24. The minimum absolute atomic E-state index is 0.0821. The molecule has 0 bridgehead atoms. The largest absolute Gasteiger partial charge is 0.480 e. The lowest BCUT2D eigenvalue weighted by Crippen LogP contribution is -2.31. The molecule has 2 heterocycles. The van der Waals surface area contributed by atoms with Crippen LogP contribution in [0, 0.1) is 0 Å². The summed E-state index contributed by atoms with van der Waals surface area (Å²) < 4.78 is 0. The van der Waals surface area contributed by atoms with Crippen LogP contribution in [0.2, 0.25) is 0 Å². The molecule has 8 heteroatoms. The molecule has 2 rings (SSSR count). The summed E-state index contributed by atoms with van der Waals surface area (Å²) in [4.78, 5) is 24.0. The van der Waals surface area contributed by atoms with E-state index in [1.54, 1.807) is 24.5 Å². The van der Waals surface area contributed by atoms with Crippen LogP contribution >= 0.6 is 11.3 Å². The van der Waals surface area contributed by atoms with Crippen molar-refractivity contribution < 1.29 is 9.90 Å². The van der Waals surface area contributed by atoms with Crippen molar-refractivity contribution in [3.05, 3.63) is 34.3 Å². The van der Waals surface area contributed by atoms with Crippen molar-refractivity contribution in [3.8, 4) is 0 Å². The Labute approximate surface area is 114 Å². The van der Waals surface area contributed by atoms with E-state index in [1.807, 2.05) is 5.38 Å². The van der Waals surface area contributed by atoms with Crippen molar-refractivity contribution in [1.29, 1.82) is 0 Å². The van der Waals surface area contributed by atoms with E-state index in [1.165, 1.54) is 11.3 Å². The molecule has 0 amide bonds. The Bertz CT molecular complexity index is 539. The Balaban J connectivity index is 2.31. The first kappa shape index (κ1) is 13.7. The van der Waals surface area contributed by atoms with Gasteiger partial charge in [0, 0.05) is 18.1 Å². The summed E-state index contributed by atoms with van der Waals surface area (Å²) in [5.74, 6) is -0.886. The zero-order chi connectivity index (χ0) is 13.8. The topological polar surface area (TPSA) is 108 Å². The molecule has 0 aliphatic carbocycles. The van der Waals surface area contributed by atoms with Gasteiger partial charge < -0.3 is 15.8 Å². The summed E-state index contributed by atoms with van der Waals surface area (Å²) in [5, 5.41) is 11.6. The van der Waals surface area contributed by atoms with Crippen LogP contribution in [0.3, 0.4) is 0 Å². The van der Waals surface area contributed by atoms with Gasteiger partial charge in [-0.15, -0.1) is 11.3 Å². The van der Waals surface area contributed by atoms with E-state index in [4.69, 9.17) is 10.8 Å². The van der Waals surface area contributed by atoms with Crippen LogP contribution in [-0.4, -0.2) is 44.5 Å². The second kappa shape index (κ2) is 5.91. The number of aromatic nitrogens is 3. The minimum Gasteiger partial charge on any atom is -0.480 e. The zero-order valence-electron chi connectivity index (χ0n) is 10.4. The van der Waals surface area contributed by atoms with Crippen LogP contribution in [0.25, 0.3) is 0 Å². The molecule has 0 saturated heterocycles. The van der Waals surface area contributed by atoms with Gasteiger partial charge in [-0.25, -0.2) is 9.97 Å². The molecule has 7 nitrogen and oxygen atoms in total. The summed E-state index contributed by atoms with van der Waals surface area (Å²) in [6, 6.07) is -0.260. The number of thiazole rings is 1. The fraction of sp³-hybridized carbons (Fsp3) is 0.364. The van der Waals surface area contributed by atoms with Crippen molar-refractivity contribution >= 4 is 17.3 Å². The quantitative estimate of drug-likeness (QED) is 0.708. The number of aromatic amines is 1. The first-order valence-corrected chi connectivity index (χ1v) is 6.54. The van der Waals surface area contributed by atoms with Crippen LogP contribution in [0.1, 0.15) is 22.4 Å².